The maximum atomic E-state index is 12.7. The fourth-order valence-electron chi connectivity index (χ4n) is 3.09. The molecule has 0 aliphatic rings. The molecule has 146 valence electrons. The highest BCUT2D eigenvalue weighted by atomic mass is 32.2. The van der Waals surface area contributed by atoms with Gasteiger partial charge in [-0.25, -0.2) is 0 Å². The molecule has 0 aromatic heterocycles. The average molecular weight is 386 g/mol. The average Bonchev–Trinajstić information content (AvgIpc) is 2.62. The van der Waals surface area contributed by atoms with Gasteiger partial charge >= 0.3 is 0 Å². The quantitative estimate of drug-likeness (QED) is 0.613. The summed E-state index contributed by atoms with van der Waals surface area (Å²) in [5.41, 5.74) is 4.66. The lowest BCUT2D eigenvalue weighted by atomic mass is 9.93. The van der Waals surface area contributed by atoms with Gasteiger partial charge in [-0.05, 0) is 74.6 Å². The Morgan fingerprint density at radius 2 is 1.63 bits per heavy atom. The van der Waals surface area contributed by atoms with E-state index in [0.717, 1.165) is 21.8 Å². The summed E-state index contributed by atoms with van der Waals surface area (Å²) in [5, 5.41) is 3.02. The van der Waals surface area contributed by atoms with Gasteiger partial charge in [0.2, 0.25) is 5.91 Å². The first-order chi connectivity index (χ1) is 12.7. The van der Waals surface area contributed by atoms with Gasteiger partial charge in [0.15, 0.2) is 0 Å². The van der Waals surface area contributed by atoms with Gasteiger partial charge < -0.3 is 10.1 Å². The number of amides is 1. The molecule has 0 aliphatic heterocycles. The molecule has 0 aliphatic carbocycles. The molecule has 0 saturated heterocycles. The van der Waals surface area contributed by atoms with Crippen molar-refractivity contribution in [1.82, 2.24) is 5.32 Å². The Bertz CT molecular complexity index is 784. The van der Waals surface area contributed by atoms with Gasteiger partial charge in [0.05, 0.1) is 18.4 Å². The van der Waals surface area contributed by atoms with Gasteiger partial charge in [-0.1, -0.05) is 31.5 Å². The topological polar surface area (TPSA) is 38.3 Å². The molecule has 0 radical (unpaired) electrons. The lowest BCUT2D eigenvalue weighted by Crippen LogP contribution is -2.33. The summed E-state index contributed by atoms with van der Waals surface area (Å²) >= 11 is 1.58. The minimum atomic E-state index is -0.154. The van der Waals surface area contributed by atoms with Crippen molar-refractivity contribution in [3.05, 3.63) is 58.7 Å². The number of carbonyl (C=O) groups is 1. The van der Waals surface area contributed by atoms with Crippen LogP contribution in [0, 0.1) is 13.8 Å². The molecular formula is C23H31NO2S. The Balaban J connectivity index is 2.11. The van der Waals surface area contributed by atoms with Crippen molar-refractivity contribution >= 4 is 17.7 Å². The van der Waals surface area contributed by atoms with Crippen molar-refractivity contribution in [3.63, 3.8) is 0 Å². The zero-order valence-electron chi connectivity index (χ0n) is 17.4. The Morgan fingerprint density at radius 3 is 2.19 bits per heavy atom. The molecule has 0 fully saturated rings. The van der Waals surface area contributed by atoms with Crippen LogP contribution in [0.3, 0.4) is 0 Å². The largest absolute Gasteiger partial charge is 0.496 e. The van der Waals surface area contributed by atoms with Crippen molar-refractivity contribution < 1.29 is 9.53 Å². The monoisotopic (exact) mass is 385 g/mol. The van der Waals surface area contributed by atoms with Gasteiger partial charge in [-0.15, -0.1) is 11.8 Å². The molecule has 2 aromatic rings. The van der Waals surface area contributed by atoms with Crippen LogP contribution in [0.15, 0.2) is 41.3 Å². The highest BCUT2D eigenvalue weighted by molar-refractivity contribution is 8.00. The van der Waals surface area contributed by atoms with Crippen LogP contribution in [0.25, 0.3) is 0 Å². The Kier molecular flexibility index (Phi) is 7.37. The summed E-state index contributed by atoms with van der Waals surface area (Å²) in [5.74, 6) is 1.32. The standard InChI is InChI=1S/C23H31NO2S/c1-14(2)20-13-21(16(4)12-22(20)26-7)17(5)24-23(25)18(6)27-19-10-8-15(3)9-11-19/h8-14,17-18H,1-7H3,(H,24,25)/t17-,18-/m1/s1. The van der Waals surface area contributed by atoms with Crippen LogP contribution in [-0.2, 0) is 4.79 Å². The molecule has 0 bridgehead atoms. The summed E-state index contributed by atoms with van der Waals surface area (Å²) in [4.78, 5) is 13.8. The minimum Gasteiger partial charge on any atom is -0.496 e. The van der Waals surface area contributed by atoms with E-state index in [9.17, 15) is 4.79 Å². The minimum absolute atomic E-state index is 0.0504. The lowest BCUT2D eigenvalue weighted by molar-refractivity contribution is -0.120. The van der Waals surface area contributed by atoms with Gasteiger partial charge in [0.1, 0.15) is 5.75 Å². The van der Waals surface area contributed by atoms with E-state index in [2.05, 4.69) is 69.4 Å². The number of hydrogen-bond acceptors (Lipinski definition) is 3. The second kappa shape index (κ2) is 9.32. The van der Waals surface area contributed by atoms with Gasteiger partial charge in [0, 0.05) is 4.90 Å². The van der Waals surface area contributed by atoms with Crippen LogP contribution < -0.4 is 10.1 Å². The number of rotatable bonds is 7. The van der Waals surface area contributed by atoms with E-state index >= 15 is 0 Å². The van der Waals surface area contributed by atoms with Crippen LogP contribution in [0.1, 0.15) is 61.9 Å². The Hall–Kier alpha value is -1.94. The molecule has 27 heavy (non-hydrogen) atoms. The predicted octanol–water partition coefficient (Wildman–Crippen LogP) is 5.79. The molecule has 0 saturated carbocycles. The number of thioether (sulfide) groups is 1. The van der Waals surface area contributed by atoms with E-state index < -0.39 is 0 Å². The molecule has 2 aromatic carbocycles. The normalized spacial score (nSPS) is 13.3. The predicted molar refractivity (Wildman–Crippen MR) is 115 cm³/mol. The molecule has 0 heterocycles. The van der Waals surface area contributed by atoms with E-state index in [0.29, 0.717) is 5.92 Å². The highest BCUT2D eigenvalue weighted by Gasteiger charge is 2.20. The summed E-state index contributed by atoms with van der Waals surface area (Å²) < 4.78 is 5.53. The van der Waals surface area contributed by atoms with Gasteiger partial charge in [-0.2, -0.15) is 0 Å². The van der Waals surface area contributed by atoms with E-state index in [1.807, 2.05) is 13.8 Å². The van der Waals surface area contributed by atoms with Crippen molar-refractivity contribution in [2.45, 2.75) is 63.6 Å². The second-order valence-corrected chi connectivity index (χ2v) is 8.82. The fourth-order valence-corrected chi connectivity index (χ4v) is 3.97. The van der Waals surface area contributed by atoms with Gasteiger partial charge in [0.25, 0.3) is 0 Å². The summed E-state index contributed by atoms with van der Waals surface area (Å²) in [7, 11) is 1.70. The molecular weight excluding hydrogens is 354 g/mol. The molecule has 0 spiro atoms. The van der Waals surface area contributed by atoms with Gasteiger partial charge in [-0.3, -0.25) is 4.79 Å². The molecule has 3 nitrogen and oxygen atoms in total. The number of methoxy groups -OCH3 is 1. The smallest absolute Gasteiger partial charge is 0.233 e. The van der Waals surface area contributed by atoms with Crippen LogP contribution in [0.4, 0.5) is 0 Å². The summed E-state index contributed by atoms with van der Waals surface area (Å²) in [6, 6.07) is 12.5. The number of ether oxygens (including phenoxy) is 1. The van der Waals surface area contributed by atoms with Crippen molar-refractivity contribution in [3.8, 4) is 5.75 Å². The molecule has 2 rings (SSSR count). The maximum absolute atomic E-state index is 12.7. The van der Waals surface area contributed by atoms with Crippen LogP contribution in [-0.4, -0.2) is 18.3 Å². The first-order valence-electron chi connectivity index (χ1n) is 9.45. The zero-order chi connectivity index (χ0) is 20.1. The second-order valence-electron chi connectivity index (χ2n) is 7.41. The number of benzene rings is 2. The Morgan fingerprint density at radius 1 is 1.00 bits per heavy atom. The fraction of sp³-hybridized carbons (Fsp3) is 0.435. The molecule has 1 N–H and O–H groups in total. The third kappa shape index (κ3) is 5.52. The number of aryl methyl sites for hydroxylation is 2. The van der Waals surface area contributed by atoms with Crippen molar-refractivity contribution in [2.24, 2.45) is 0 Å². The number of carbonyl (C=O) groups excluding carboxylic acids is 1. The molecule has 0 unspecified atom stereocenters. The Labute approximate surface area is 167 Å². The first kappa shape index (κ1) is 21.4. The van der Waals surface area contributed by atoms with E-state index in [1.165, 1.54) is 11.1 Å². The zero-order valence-corrected chi connectivity index (χ0v) is 18.2. The number of nitrogens with one attached hydrogen (secondary N) is 1. The van der Waals surface area contributed by atoms with Crippen LogP contribution in [0.2, 0.25) is 0 Å². The lowest BCUT2D eigenvalue weighted by Gasteiger charge is -2.22. The number of hydrogen-bond donors (Lipinski definition) is 1. The van der Waals surface area contributed by atoms with E-state index in [1.54, 1.807) is 18.9 Å². The highest BCUT2D eigenvalue weighted by Crippen LogP contribution is 2.32. The van der Waals surface area contributed by atoms with Crippen LogP contribution in [0.5, 0.6) is 5.75 Å². The van der Waals surface area contributed by atoms with Crippen LogP contribution >= 0.6 is 11.8 Å². The van der Waals surface area contributed by atoms with Crippen molar-refractivity contribution in [1.29, 1.82) is 0 Å². The van der Waals surface area contributed by atoms with E-state index in [-0.39, 0.29) is 17.2 Å². The molecule has 4 heteroatoms. The maximum Gasteiger partial charge on any atom is 0.233 e. The summed E-state index contributed by atoms with van der Waals surface area (Å²) in [6.45, 7) is 12.4. The SMILES string of the molecule is COc1cc(C)c([C@@H](C)NC(=O)[C@@H](C)Sc2ccc(C)cc2)cc1C(C)C. The molecule has 2 atom stereocenters. The van der Waals surface area contributed by atoms with Crippen molar-refractivity contribution in [2.75, 3.05) is 7.11 Å². The van der Waals surface area contributed by atoms with E-state index in [4.69, 9.17) is 4.74 Å². The first-order valence-corrected chi connectivity index (χ1v) is 10.3. The summed E-state index contributed by atoms with van der Waals surface area (Å²) in [6.07, 6.45) is 0. The third-order valence-corrected chi connectivity index (χ3v) is 5.88. The molecule has 1 amide bonds. The third-order valence-electron chi connectivity index (χ3n) is 4.77.